The maximum absolute atomic E-state index is 12.0. The first-order chi connectivity index (χ1) is 8.85. The Balaban J connectivity index is 2.35. The molecule has 0 radical (unpaired) electrons. The topological polar surface area (TPSA) is 61.8 Å². The maximum Gasteiger partial charge on any atom is 0.317 e. The molecule has 19 heavy (non-hydrogen) atoms. The van der Waals surface area contributed by atoms with Crippen LogP contribution in [0.25, 0.3) is 0 Å². The molecule has 2 N–H and O–H groups in total. The highest BCUT2D eigenvalue weighted by Gasteiger charge is 2.26. The molecule has 0 spiro atoms. The summed E-state index contributed by atoms with van der Waals surface area (Å²) in [4.78, 5) is 13.6. The van der Waals surface area contributed by atoms with Gasteiger partial charge in [-0.2, -0.15) is 0 Å². The fourth-order valence-corrected chi connectivity index (χ4v) is 2.33. The molecular weight excluding hydrogens is 244 g/mol. The van der Waals surface area contributed by atoms with Crippen molar-refractivity contribution in [3.8, 4) is 0 Å². The fourth-order valence-electron chi connectivity index (χ4n) is 2.33. The quantitative estimate of drug-likeness (QED) is 0.799. The van der Waals surface area contributed by atoms with Gasteiger partial charge in [0.1, 0.15) is 0 Å². The molecular formula is C14H28N2O3. The van der Waals surface area contributed by atoms with Crippen molar-refractivity contribution in [1.29, 1.82) is 0 Å². The van der Waals surface area contributed by atoms with Crippen molar-refractivity contribution in [2.45, 2.75) is 51.2 Å². The molecule has 0 unspecified atom stereocenters. The third-order valence-corrected chi connectivity index (χ3v) is 3.94. The number of hydrogen-bond acceptors (Lipinski definition) is 3. The van der Waals surface area contributed by atoms with E-state index in [1.165, 1.54) is 0 Å². The van der Waals surface area contributed by atoms with Gasteiger partial charge < -0.3 is 20.1 Å². The van der Waals surface area contributed by atoms with Crippen LogP contribution in [0, 0.1) is 5.92 Å². The van der Waals surface area contributed by atoms with Crippen molar-refractivity contribution in [2.75, 3.05) is 27.2 Å². The van der Waals surface area contributed by atoms with Crippen molar-refractivity contribution >= 4 is 6.03 Å². The van der Waals surface area contributed by atoms with E-state index in [0.29, 0.717) is 13.1 Å². The van der Waals surface area contributed by atoms with E-state index in [2.05, 4.69) is 5.32 Å². The second-order valence-corrected chi connectivity index (χ2v) is 6.11. The van der Waals surface area contributed by atoms with Crippen LogP contribution in [0.5, 0.6) is 0 Å². The Morgan fingerprint density at radius 1 is 1.42 bits per heavy atom. The van der Waals surface area contributed by atoms with Gasteiger partial charge in [0, 0.05) is 33.2 Å². The lowest BCUT2D eigenvalue weighted by atomic mass is 9.86. The zero-order chi connectivity index (χ0) is 14.5. The number of nitrogens with zero attached hydrogens (tertiary/aromatic N) is 1. The summed E-state index contributed by atoms with van der Waals surface area (Å²) >= 11 is 0. The minimum absolute atomic E-state index is 0.108. The number of rotatable bonds is 5. The molecule has 2 atom stereocenters. The van der Waals surface area contributed by atoms with E-state index < -0.39 is 0 Å². The third kappa shape index (κ3) is 5.37. The van der Waals surface area contributed by atoms with Crippen LogP contribution < -0.4 is 5.32 Å². The number of urea groups is 1. The number of carbonyl (C=O) groups is 1. The van der Waals surface area contributed by atoms with Gasteiger partial charge in [0.05, 0.1) is 11.7 Å². The Morgan fingerprint density at radius 2 is 2.05 bits per heavy atom. The van der Waals surface area contributed by atoms with Crippen molar-refractivity contribution < 1.29 is 14.6 Å². The molecule has 1 rings (SSSR count). The van der Waals surface area contributed by atoms with Crippen LogP contribution in [0.3, 0.4) is 0 Å². The van der Waals surface area contributed by atoms with Crippen LogP contribution in [0.2, 0.25) is 0 Å². The summed E-state index contributed by atoms with van der Waals surface area (Å²) in [7, 11) is 3.41. The lowest BCUT2D eigenvalue weighted by Gasteiger charge is -2.32. The van der Waals surface area contributed by atoms with Gasteiger partial charge >= 0.3 is 6.03 Å². The van der Waals surface area contributed by atoms with Gasteiger partial charge in [-0.05, 0) is 26.7 Å². The highest BCUT2D eigenvalue weighted by molar-refractivity contribution is 5.73. The number of ether oxygens (including phenoxy) is 1. The molecule has 0 heterocycles. The second-order valence-electron chi connectivity index (χ2n) is 6.11. The van der Waals surface area contributed by atoms with E-state index in [0.717, 1.165) is 25.7 Å². The van der Waals surface area contributed by atoms with Crippen molar-refractivity contribution in [3.05, 3.63) is 0 Å². The van der Waals surface area contributed by atoms with Crippen LogP contribution >= 0.6 is 0 Å². The van der Waals surface area contributed by atoms with E-state index >= 15 is 0 Å². The number of hydrogen-bond donors (Lipinski definition) is 2. The minimum atomic E-state index is -0.360. The van der Waals surface area contributed by atoms with Gasteiger partial charge in [0.25, 0.3) is 0 Å². The summed E-state index contributed by atoms with van der Waals surface area (Å²) in [6.45, 7) is 4.94. The zero-order valence-corrected chi connectivity index (χ0v) is 12.6. The molecule has 1 aliphatic carbocycles. The first kappa shape index (κ1) is 16.2. The van der Waals surface area contributed by atoms with E-state index in [4.69, 9.17) is 4.74 Å². The highest BCUT2D eigenvalue weighted by atomic mass is 16.5. The largest absolute Gasteiger partial charge is 0.393 e. The number of carbonyl (C=O) groups excluding carboxylic acids is 1. The van der Waals surface area contributed by atoms with Gasteiger partial charge in [0.15, 0.2) is 0 Å². The molecule has 2 amide bonds. The molecule has 5 nitrogen and oxygen atoms in total. The number of nitrogens with one attached hydrogen (secondary N) is 1. The van der Waals surface area contributed by atoms with E-state index in [1.807, 2.05) is 13.8 Å². The molecule has 1 aliphatic rings. The molecule has 1 saturated carbocycles. The Kier molecular flexibility index (Phi) is 6.07. The molecule has 0 bridgehead atoms. The van der Waals surface area contributed by atoms with Gasteiger partial charge in [-0.25, -0.2) is 4.79 Å². The molecule has 112 valence electrons. The highest BCUT2D eigenvalue weighted by Crippen LogP contribution is 2.24. The van der Waals surface area contributed by atoms with Crippen molar-refractivity contribution in [3.63, 3.8) is 0 Å². The van der Waals surface area contributed by atoms with Gasteiger partial charge in [-0.1, -0.05) is 12.8 Å². The van der Waals surface area contributed by atoms with Crippen LogP contribution in [-0.4, -0.2) is 55.0 Å². The Labute approximate surface area is 116 Å². The van der Waals surface area contributed by atoms with Crippen LogP contribution in [0.1, 0.15) is 39.5 Å². The molecule has 1 fully saturated rings. The summed E-state index contributed by atoms with van der Waals surface area (Å²) < 4.78 is 5.26. The molecule has 0 aromatic rings. The summed E-state index contributed by atoms with van der Waals surface area (Å²) in [5.41, 5.74) is -0.360. The Morgan fingerprint density at radius 3 is 2.63 bits per heavy atom. The summed E-state index contributed by atoms with van der Waals surface area (Å²) in [5.74, 6) is 0.208. The van der Waals surface area contributed by atoms with Crippen LogP contribution in [0.4, 0.5) is 4.79 Å². The third-order valence-electron chi connectivity index (χ3n) is 3.94. The predicted molar refractivity (Wildman–Crippen MR) is 75.1 cm³/mol. The van der Waals surface area contributed by atoms with Gasteiger partial charge in [-0.15, -0.1) is 0 Å². The monoisotopic (exact) mass is 272 g/mol. The number of aliphatic hydroxyl groups is 1. The van der Waals surface area contributed by atoms with Gasteiger partial charge in [0.2, 0.25) is 0 Å². The van der Waals surface area contributed by atoms with Crippen LogP contribution in [-0.2, 0) is 4.74 Å². The zero-order valence-electron chi connectivity index (χ0n) is 12.6. The summed E-state index contributed by atoms with van der Waals surface area (Å²) in [6.07, 6.45) is 3.84. The van der Waals surface area contributed by atoms with Crippen LogP contribution in [0.15, 0.2) is 0 Å². The minimum Gasteiger partial charge on any atom is -0.393 e. The normalized spacial score (nSPS) is 24.1. The fraction of sp³-hybridized carbons (Fsp3) is 0.929. The first-order valence-corrected chi connectivity index (χ1v) is 7.08. The summed E-state index contributed by atoms with van der Waals surface area (Å²) in [5, 5.41) is 12.8. The van der Waals surface area contributed by atoms with E-state index in [1.54, 1.807) is 19.1 Å². The summed E-state index contributed by atoms with van der Waals surface area (Å²) in [6, 6.07) is -0.108. The smallest absolute Gasteiger partial charge is 0.317 e. The number of methoxy groups -OCH3 is 1. The molecule has 5 heteroatoms. The average Bonchev–Trinajstić information content (AvgIpc) is 2.38. The Bertz CT molecular complexity index is 294. The lowest BCUT2D eigenvalue weighted by Crippen LogP contribution is -2.47. The van der Waals surface area contributed by atoms with E-state index in [-0.39, 0.29) is 23.7 Å². The SMILES string of the molecule is COC(C)(C)CNC(=O)N(C)C[C@@H]1CCCC[C@@H]1O. The molecule has 0 aromatic heterocycles. The number of aliphatic hydroxyl groups excluding tert-OH is 1. The van der Waals surface area contributed by atoms with Gasteiger partial charge in [-0.3, -0.25) is 0 Å². The maximum atomic E-state index is 12.0. The second kappa shape index (κ2) is 7.10. The molecule has 0 aromatic carbocycles. The molecule has 0 saturated heterocycles. The predicted octanol–water partition coefficient (Wildman–Crippen LogP) is 1.60. The van der Waals surface area contributed by atoms with E-state index in [9.17, 15) is 9.90 Å². The average molecular weight is 272 g/mol. The van der Waals surface area contributed by atoms with Crippen molar-refractivity contribution in [2.24, 2.45) is 5.92 Å². The lowest BCUT2D eigenvalue weighted by molar-refractivity contribution is 0.0234. The molecule has 0 aliphatic heterocycles. The Hall–Kier alpha value is -0.810. The number of amides is 2. The van der Waals surface area contributed by atoms with Crippen molar-refractivity contribution in [1.82, 2.24) is 10.2 Å². The standard InChI is InChI=1S/C14H28N2O3/c1-14(2,19-4)10-15-13(18)16(3)9-11-7-5-6-8-12(11)17/h11-12,17H,5-10H2,1-4H3,(H,15,18)/t11-,12-/m0/s1. The first-order valence-electron chi connectivity index (χ1n) is 7.08.